The van der Waals surface area contributed by atoms with E-state index in [1.165, 1.54) is 0 Å². The van der Waals surface area contributed by atoms with E-state index in [1.807, 2.05) is 24.9 Å². The topological polar surface area (TPSA) is 42.7 Å². The van der Waals surface area contributed by atoms with Gasteiger partial charge in [0.25, 0.3) is 0 Å². The van der Waals surface area contributed by atoms with Crippen molar-refractivity contribution in [1.29, 1.82) is 0 Å². The molecule has 0 radical (unpaired) electrons. The molecule has 0 aromatic carbocycles. The summed E-state index contributed by atoms with van der Waals surface area (Å²) >= 11 is 5.25. The zero-order chi connectivity index (χ0) is 13.1. The Morgan fingerprint density at radius 1 is 1.56 bits per heavy atom. The van der Waals surface area contributed by atoms with Crippen LogP contribution in [0.25, 0.3) is 0 Å². The number of hydrogen-bond donors (Lipinski definition) is 1. The fourth-order valence-electron chi connectivity index (χ4n) is 1.89. The first-order valence-corrected chi connectivity index (χ1v) is 7.63. The molecule has 2 heterocycles. The Balaban J connectivity index is 2.36. The van der Waals surface area contributed by atoms with Crippen molar-refractivity contribution in [3.8, 4) is 0 Å². The van der Waals surface area contributed by atoms with E-state index in [0.29, 0.717) is 0 Å². The van der Waals surface area contributed by atoms with Crippen molar-refractivity contribution in [2.24, 2.45) is 7.05 Å². The fraction of sp³-hybridized carbons (Fsp3) is 0.500. The van der Waals surface area contributed by atoms with Gasteiger partial charge in [-0.25, -0.2) is 4.98 Å². The molecule has 2 aromatic heterocycles. The van der Waals surface area contributed by atoms with E-state index in [1.54, 1.807) is 11.3 Å². The summed E-state index contributed by atoms with van der Waals surface area (Å²) in [7, 11) is 1.96. The molecule has 0 spiro atoms. The van der Waals surface area contributed by atoms with Crippen LogP contribution in [0.2, 0.25) is 0 Å². The molecule has 1 atom stereocenters. The van der Waals surface area contributed by atoms with Crippen LogP contribution in [0.5, 0.6) is 0 Å². The monoisotopic (exact) mass is 328 g/mol. The van der Waals surface area contributed by atoms with Crippen molar-refractivity contribution >= 4 is 27.3 Å². The summed E-state index contributed by atoms with van der Waals surface area (Å²) < 4.78 is 2.91. The lowest BCUT2D eigenvalue weighted by Gasteiger charge is -2.17. The number of thiazole rings is 1. The third-order valence-corrected chi connectivity index (χ3v) is 4.14. The summed E-state index contributed by atoms with van der Waals surface area (Å²) in [6, 6.07) is 0.0942. The van der Waals surface area contributed by atoms with Crippen LogP contribution >= 0.6 is 27.3 Å². The number of nitrogens with one attached hydrogen (secondary N) is 1. The summed E-state index contributed by atoms with van der Waals surface area (Å²) in [6.45, 7) is 5.15. The number of aromatic nitrogens is 3. The third-order valence-electron chi connectivity index (χ3n) is 2.74. The van der Waals surface area contributed by atoms with Crippen LogP contribution in [-0.2, 0) is 7.05 Å². The molecule has 98 valence electrons. The number of rotatable bonds is 5. The smallest absolute Gasteiger partial charge is 0.0942 e. The second-order valence-electron chi connectivity index (χ2n) is 4.18. The highest BCUT2D eigenvalue weighted by molar-refractivity contribution is 9.10. The summed E-state index contributed by atoms with van der Waals surface area (Å²) in [6.07, 6.45) is 2.92. The molecule has 0 saturated carbocycles. The van der Waals surface area contributed by atoms with Gasteiger partial charge in [0.05, 0.1) is 33.1 Å². The minimum Gasteiger partial charge on any atom is -0.304 e. The van der Waals surface area contributed by atoms with Gasteiger partial charge < -0.3 is 5.32 Å². The zero-order valence-corrected chi connectivity index (χ0v) is 13.2. The van der Waals surface area contributed by atoms with Gasteiger partial charge in [0.15, 0.2) is 0 Å². The normalized spacial score (nSPS) is 12.9. The lowest BCUT2D eigenvalue weighted by atomic mass is 10.1. The summed E-state index contributed by atoms with van der Waals surface area (Å²) in [4.78, 5) is 4.60. The first-order valence-electron chi connectivity index (χ1n) is 5.96. The summed E-state index contributed by atoms with van der Waals surface area (Å²) in [5.41, 5.74) is 2.18. The van der Waals surface area contributed by atoms with Crippen LogP contribution in [0.4, 0.5) is 0 Å². The van der Waals surface area contributed by atoms with E-state index in [9.17, 15) is 0 Å². The highest BCUT2D eigenvalue weighted by atomic mass is 79.9. The Kier molecular flexibility index (Phi) is 4.53. The SMILES string of the molecule is CCCNC(c1csc(C)n1)c1c(Br)cnn1C. The average molecular weight is 329 g/mol. The molecular formula is C12H17BrN4S. The van der Waals surface area contributed by atoms with Crippen LogP contribution in [0.1, 0.15) is 35.8 Å². The Bertz CT molecular complexity index is 500. The summed E-state index contributed by atoms with van der Waals surface area (Å²) in [5, 5.41) is 11.0. The van der Waals surface area contributed by atoms with E-state index >= 15 is 0 Å². The van der Waals surface area contributed by atoms with Gasteiger partial charge in [-0.3, -0.25) is 4.68 Å². The molecule has 0 aliphatic rings. The third kappa shape index (κ3) is 2.81. The quantitative estimate of drug-likeness (QED) is 0.917. The van der Waals surface area contributed by atoms with Crippen molar-refractivity contribution in [1.82, 2.24) is 20.1 Å². The molecule has 1 N–H and O–H groups in total. The lowest BCUT2D eigenvalue weighted by Crippen LogP contribution is -2.26. The molecule has 0 aliphatic carbocycles. The van der Waals surface area contributed by atoms with Crippen molar-refractivity contribution in [2.45, 2.75) is 26.3 Å². The van der Waals surface area contributed by atoms with Crippen LogP contribution in [0, 0.1) is 6.92 Å². The molecule has 0 amide bonds. The van der Waals surface area contributed by atoms with Gasteiger partial charge in [-0.1, -0.05) is 6.92 Å². The van der Waals surface area contributed by atoms with Crippen LogP contribution in [0.3, 0.4) is 0 Å². The van der Waals surface area contributed by atoms with Gasteiger partial charge in [-0.15, -0.1) is 11.3 Å². The van der Waals surface area contributed by atoms with Crippen molar-refractivity contribution in [2.75, 3.05) is 6.54 Å². The van der Waals surface area contributed by atoms with E-state index < -0.39 is 0 Å². The standard InChI is InChI=1S/C12H17BrN4S/c1-4-5-14-11(10-7-18-8(2)16-10)12-9(13)6-15-17(12)3/h6-7,11,14H,4-5H2,1-3H3. The Morgan fingerprint density at radius 3 is 2.83 bits per heavy atom. The predicted molar refractivity (Wildman–Crippen MR) is 77.9 cm³/mol. The number of hydrogen-bond acceptors (Lipinski definition) is 4. The van der Waals surface area contributed by atoms with E-state index in [-0.39, 0.29) is 6.04 Å². The van der Waals surface area contributed by atoms with Gasteiger partial charge in [0.1, 0.15) is 0 Å². The lowest BCUT2D eigenvalue weighted by molar-refractivity contribution is 0.543. The maximum absolute atomic E-state index is 4.60. The van der Waals surface area contributed by atoms with Crippen LogP contribution in [0.15, 0.2) is 16.0 Å². The molecule has 2 rings (SSSR count). The van der Waals surface area contributed by atoms with E-state index in [4.69, 9.17) is 0 Å². The predicted octanol–water partition coefficient (Wildman–Crippen LogP) is 3.04. The highest BCUT2D eigenvalue weighted by Gasteiger charge is 2.22. The van der Waals surface area contributed by atoms with E-state index in [2.05, 4.69) is 43.6 Å². The minimum atomic E-state index is 0.0942. The molecule has 0 aliphatic heterocycles. The maximum Gasteiger partial charge on any atom is 0.0942 e. The molecule has 6 heteroatoms. The average Bonchev–Trinajstić information content (AvgIpc) is 2.90. The first kappa shape index (κ1) is 13.7. The molecular weight excluding hydrogens is 312 g/mol. The zero-order valence-electron chi connectivity index (χ0n) is 10.8. The van der Waals surface area contributed by atoms with Gasteiger partial charge in [0, 0.05) is 12.4 Å². The van der Waals surface area contributed by atoms with Crippen molar-refractivity contribution < 1.29 is 0 Å². The number of aryl methyl sites for hydroxylation is 2. The van der Waals surface area contributed by atoms with Crippen LogP contribution < -0.4 is 5.32 Å². The molecule has 0 bridgehead atoms. The second kappa shape index (κ2) is 5.95. The molecule has 0 saturated heterocycles. The Labute approximate surface area is 120 Å². The second-order valence-corrected chi connectivity index (χ2v) is 6.10. The number of halogens is 1. The van der Waals surface area contributed by atoms with Gasteiger partial charge in [0.2, 0.25) is 0 Å². The molecule has 18 heavy (non-hydrogen) atoms. The van der Waals surface area contributed by atoms with Crippen molar-refractivity contribution in [3.05, 3.63) is 32.4 Å². The molecule has 0 fully saturated rings. The summed E-state index contributed by atoms with van der Waals surface area (Å²) in [5.74, 6) is 0. The number of nitrogens with zero attached hydrogens (tertiary/aromatic N) is 3. The molecule has 4 nitrogen and oxygen atoms in total. The van der Waals surface area contributed by atoms with E-state index in [0.717, 1.165) is 33.8 Å². The Hall–Kier alpha value is -0.720. The minimum absolute atomic E-state index is 0.0942. The highest BCUT2D eigenvalue weighted by Crippen LogP contribution is 2.28. The van der Waals surface area contributed by atoms with Crippen molar-refractivity contribution in [3.63, 3.8) is 0 Å². The molecule has 2 aromatic rings. The molecule has 1 unspecified atom stereocenters. The maximum atomic E-state index is 4.60. The van der Waals surface area contributed by atoms with Crippen LogP contribution in [-0.4, -0.2) is 21.3 Å². The van der Waals surface area contributed by atoms with Gasteiger partial charge in [-0.05, 0) is 35.8 Å². The Morgan fingerprint density at radius 2 is 2.33 bits per heavy atom. The first-order chi connectivity index (χ1) is 8.63. The van der Waals surface area contributed by atoms with Gasteiger partial charge in [-0.2, -0.15) is 5.10 Å². The fourth-order valence-corrected chi connectivity index (χ4v) is 3.10. The largest absolute Gasteiger partial charge is 0.304 e. The van der Waals surface area contributed by atoms with Gasteiger partial charge >= 0.3 is 0 Å².